The van der Waals surface area contributed by atoms with Crippen molar-refractivity contribution in [3.05, 3.63) is 48.9 Å². The van der Waals surface area contributed by atoms with Crippen LogP contribution in [0.4, 0.5) is 9.59 Å². The van der Waals surface area contributed by atoms with Crippen LogP contribution in [-0.2, 0) is 19.1 Å². The molecule has 0 bridgehead atoms. The van der Waals surface area contributed by atoms with Crippen LogP contribution in [0.3, 0.4) is 0 Å². The van der Waals surface area contributed by atoms with Crippen LogP contribution in [0.15, 0.2) is 37.9 Å². The summed E-state index contributed by atoms with van der Waals surface area (Å²) < 4.78 is 11.1. The van der Waals surface area contributed by atoms with Crippen molar-refractivity contribution in [2.75, 3.05) is 33.4 Å². The van der Waals surface area contributed by atoms with E-state index in [0.29, 0.717) is 21.5 Å². The molecule has 0 saturated carbocycles. The molecule has 258 valence electrons. The molecule has 8 N–H and O–H groups in total. The fraction of sp³-hybridized carbons (Fsp3) is 0.448. The standard InChI is InChI=1S/C19H22N4O6S2.C10H13N3O2S2/c1-7-13-12(8(2)24)16(25)23(13)14(17(26)27)15(7)31-19-22-11(6-30-19)9-3-4-21-10(9)5-29-18(20)28;1-13-3-2-6(7-5-17-10(16)12-7)8(13)4-15-9(11)14/h3,6-8,10,12-13,21,24H,4-5H2,1-2H3,(H2,20,28)(H,26,27);2,5,8H,3-4H2,1H3,(H2,11,14)(H,12,16)/t7-,8-,10+,12-,13-;8-/m10/s1. The van der Waals surface area contributed by atoms with Crippen LogP contribution < -0.4 is 16.8 Å². The Kier molecular flexibility index (Phi) is 11.1. The maximum atomic E-state index is 12.5. The number of aromatic nitrogens is 2. The highest BCUT2D eigenvalue weighted by Gasteiger charge is 2.60. The van der Waals surface area contributed by atoms with Gasteiger partial charge in [0.15, 0.2) is 8.29 Å². The quantitative estimate of drug-likeness (QED) is 0.152. The normalized spacial score (nSPS) is 25.5. The van der Waals surface area contributed by atoms with Gasteiger partial charge in [-0.15, -0.1) is 22.7 Å². The van der Waals surface area contributed by atoms with E-state index in [0.717, 1.165) is 27.3 Å². The largest absolute Gasteiger partial charge is 0.477 e. The monoisotopic (exact) mass is 737 g/mol. The molecular formula is C29H35N7O8S4. The summed E-state index contributed by atoms with van der Waals surface area (Å²) in [6.07, 6.45) is 1.62. The van der Waals surface area contributed by atoms with Gasteiger partial charge < -0.3 is 46.4 Å². The number of hydrogen-bond donors (Lipinski definition) is 6. The van der Waals surface area contributed by atoms with Gasteiger partial charge in [0.25, 0.3) is 0 Å². The molecule has 0 aromatic carbocycles. The Bertz CT molecular complexity index is 1750. The van der Waals surface area contributed by atoms with Gasteiger partial charge in [0, 0.05) is 34.7 Å². The summed E-state index contributed by atoms with van der Waals surface area (Å²) in [6.45, 7) is 5.19. The molecule has 48 heavy (non-hydrogen) atoms. The van der Waals surface area contributed by atoms with Crippen molar-refractivity contribution < 1.29 is 38.9 Å². The fourth-order valence-corrected chi connectivity index (χ4v) is 9.12. The number of rotatable bonds is 10. The van der Waals surface area contributed by atoms with Crippen LogP contribution in [0, 0.1) is 15.8 Å². The van der Waals surface area contributed by atoms with E-state index in [1.54, 1.807) is 6.92 Å². The highest BCUT2D eigenvalue weighted by molar-refractivity contribution is 8.04. The lowest BCUT2D eigenvalue weighted by molar-refractivity contribution is -0.163. The minimum absolute atomic E-state index is 0.0303. The first-order chi connectivity index (χ1) is 22.8. The number of fused-ring (bicyclic) bond motifs is 1. The van der Waals surface area contributed by atoms with Crippen molar-refractivity contribution in [1.82, 2.24) is 25.1 Å². The Balaban J connectivity index is 0.000000224. The zero-order valence-electron chi connectivity index (χ0n) is 26.1. The highest BCUT2D eigenvalue weighted by atomic mass is 32.2. The molecule has 6 rings (SSSR count). The molecule has 0 spiro atoms. The number of amides is 3. The van der Waals surface area contributed by atoms with Crippen LogP contribution in [0.1, 0.15) is 25.2 Å². The number of β-lactam (4-membered cyclic amide) rings is 1. The summed E-state index contributed by atoms with van der Waals surface area (Å²) >= 11 is 9.15. The van der Waals surface area contributed by atoms with Crippen molar-refractivity contribution in [1.29, 1.82) is 0 Å². The Morgan fingerprint density at radius 2 is 1.88 bits per heavy atom. The van der Waals surface area contributed by atoms with Crippen LogP contribution >= 0.6 is 46.7 Å². The summed E-state index contributed by atoms with van der Waals surface area (Å²) in [4.78, 5) is 57.6. The zero-order valence-corrected chi connectivity index (χ0v) is 29.3. The number of thioether (sulfide) groups is 1. The van der Waals surface area contributed by atoms with Gasteiger partial charge in [-0.3, -0.25) is 9.69 Å². The zero-order chi connectivity index (χ0) is 34.9. The predicted octanol–water partition coefficient (Wildman–Crippen LogP) is 2.44. The number of nitrogens with two attached hydrogens (primary N) is 2. The number of nitrogens with zero attached hydrogens (tertiary/aromatic N) is 3. The summed E-state index contributed by atoms with van der Waals surface area (Å²) in [7, 11) is 1.97. The van der Waals surface area contributed by atoms with Gasteiger partial charge in [0.2, 0.25) is 5.91 Å². The van der Waals surface area contributed by atoms with Crippen molar-refractivity contribution in [2.45, 2.75) is 42.4 Å². The number of nitrogens with one attached hydrogen (secondary N) is 2. The lowest BCUT2D eigenvalue weighted by Crippen LogP contribution is -2.63. The summed E-state index contributed by atoms with van der Waals surface area (Å²) in [5.74, 6) is -2.36. The fourth-order valence-electron chi connectivity index (χ4n) is 6.18. The second-order valence-electron chi connectivity index (χ2n) is 11.4. The maximum Gasteiger partial charge on any atom is 0.404 e. The van der Waals surface area contributed by atoms with Gasteiger partial charge in [-0.2, -0.15) is 0 Å². The number of primary amides is 2. The second-order valence-corrected chi connectivity index (χ2v) is 15.1. The van der Waals surface area contributed by atoms with E-state index in [1.807, 2.05) is 30.8 Å². The molecule has 0 aliphatic carbocycles. The molecular weight excluding hydrogens is 703 g/mol. The van der Waals surface area contributed by atoms with Crippen molar-refractivity contribution in [3.8, 4) is 0 Å². The second kappa shape index (κ2) is 14.9. The van der Waals surface area contributed by atoms with E-state index in [-0.39, 0.29) is 48.9 Å². The summed E-state index contributed by atoms with van der Waals surface area (Å²) in [5.41, 5.74) is 13.7. The van der Waals surface area contributed by atoms with Crippen molar-refractivity contribution in [2.24, 2.45) is 23.3 Å². The number of thiazole rings is 2. The van der Waals surface area contributed by atoms with Crippen molar-refractivity contribution in [3.63, 3.8) is 0 Å². The Hall–Kier alpha value is -3.59. The first-order valence-electron chi connectivity index (χ1n) is 14.8. The van der Waals surface area contributed by atoms with Gasteiger partial charge in [-0.25, -0.2) is 19.4 Å². The number of aliphatic carboxylic acids is 1. The number of carbonyl (C=O) groups excluding carboxylic acids is 3. The van der Waals surface area contributed by atoms with Crippen LogP contribution in [0.5, 0.6) is 0 Å². The highest BCUT2D eigenvalue weighted by Crippen LogP contribution is 2.52. The van der Waals surface area contributed by atoms with Gasteiger partial charge in [-0.1, -0.05) is 30.8 Å². The van der Waals surface area contributed by atoms with Gasteiger partial charge in [-0.05, 0) is 37.3 Å². The molecule has 1 saturated heterocycles. The third-order valence-corrected chi connectivity index (χ3v) is 11.7. The molecule has 3 amide bonds. The average Bonchev–Trinajstić information content (AvgIpc) is 3.84. The summed E-state index contributed by atoms with van der Waals surface area (Å²) in [5, 5.41) is 26.7. The number of H-pyrrole nitrogens is 1. The molecule has 2 aromatic rings. The average molecular weight is 738 g/mol. The van der Waals surface area contributed by atoms with Crippen LogP contribution in [0.25, 0.3) is 11.1 Å². The topological polar surface area (TPSA) is 226 Å². The number of likely N-dealkylation sites (N-methyl/N-ethyl adjacent to an activating group) is 1. The number of aliphatic hydroxyl groups excluding tert-OH is 1. The molecule has 6 atom stereocenters. The van der Waals surface area contributed by atoms with Crippen LogP contribution in [0.2, 0.25) is 0 Å². The smallest absolute Gasteiger partial charge is 0.404 e. The van der Waals surface area contributed by atoms with E-state index in [9.17, 15) is 29.4 Å². The number of ether oxygens (including phenoxy) is 2. The maximum absolute atomic E-state index is 12.5. The Morgan fingerprint density at radius 3 is 2.50 bits per heavy atom. The predicted molar refractivity (Wildman–Crippen MR) is 182 cm³/mol. The number of aliphatic hydroxyl groups is 1. The van der Waals surface area contributed by atoms with E-state index in [1.165, 1.54) is 39.3 Å². The van der Waals surface area contributed by atoms with Crippen molar-refractivity contribution >= 4 is 81.9 Å². The molecule has 15 nitrogen and oxygen atoms in total. The number of aromatic amines is 1. The third-order valence-electron chi connectivity index (χ3n) is 8.45. The molecule has 0 unspecified atom stereocenters. The lowest BCUT2D eigenvalue weighted by atomic mass is 9.79. The van der Waals surface area contributed by atoms with Crippen LogP contribution in [-0.4, -0.2) is 112 Å². The lowest BCUT2D eigenvalue weighted by Gasteiger charge is -2.46. The van der Waals surface area contributed by atoms with Gasteiger partial charge in [0.05, 0.1) is 41.5 Å². The summed E-state index contributed by atoms with van der Waals surface area (Å²) in [6, 6.07) is -0.557. The Morgan fingerprint density at radius 1 is 1.17 bits per heavy atom. The van der Waals surface area contributed by atoms with E-state index < -0.39 is 30.2 Å². The Labute approximate surface area is 292 Å². The first-order valence-corrected chi connectivity index (χ1v) is 17.8. The number of carboxylic acids is 1. The molecule has 6 heterocycles. The minimum atomic E-state index is -1.17. The number of carbonyl (C=O) groups is 4. The number of carboxylic acid groups (broad SMARTS) is 1. The van der Waals surface area contributed by atoms with Gasteiger partial charge >= 0.3 is 18.2 Å². The number of hydrogen-bond acceptors (Lipinski definition) is 14. The van der Waals surface area contributed by atoms with E-state index in [2.05, 4.69) is 26.3 Å². The van der Waals surface area contributed by atoms with Gasteiger partial charge in [0.1, 0.15) is 18.9 Å². The first kappa shape index (κ1) is 35.7. The molecule has 4 aliphatic heterocycles. The molecule has 0 radical (unpaired) electrons. The molecule has 2 aromatic heterocycles. The molecule has 19 heteroatoms. The SMILES string of the molecule is CN1CC=C(c2csc(=S)[nH]2)[C@@H]1COC(N)=O.C[C@@H](O)[C@H]1C(=O)N2C(C(=O)O)=C(Sc3nc(C4=CCN[C@H]4COC(N)=O)cs3)[C@H](C)[C@H]12. The molecule has 4 aliphatic rings. The van der Waals surface area contributed by atoms with E-state index in [4.69, 9.17) is 33.2 Å². The third kappa shape index (κ3) is 7.36. The molecule has 1 fully saturated rings. The van der Waals surface area contributed by atoms with E-state index >= 15 is 0 Å². The minimum Gasteiger partial charge on any atom is -0.477 e.